The first-order chi connectivity index (χ1) is 14.5. The van der Waals surface area contributed by atoms with Gasteiger partial charge in [0.1, 0.15) is 0 Å². The van der Waals surface area contributed by atoms with Crippen LogP contribution in [-0.4, -0.2) is 40.4 Å². The zero-order chi connectivity index (χ0) is 22.8. The highest BCUT2D eigenvalue weighted by Crippen LogP contribution is 2.35. The molecule has 2 aromatic heterocycles. The molecule has 0 aromatic carbocycles. The van der Waals surface area contributed by atoms with E-state index in [1.807, 2.05) is 13.0 Å². The lowest BCUT2D eigenvalue weighted by molar-refractivity contribution is 0.0445. The molecule has 170 valence electrons. The Hall–Kier alpha value is -2.12. The van der Waals surface area contributed by atoms with Crippen LogP contribution in [0.4, 0.5) is 5.00 Å². The Morgan fingerprint density at radius 2 is 1.94 bits per heavy atom. The third kappa shape index (κ3) is 5.77. The summed E-state index contributed by atoms with van der Waals surface area (Å²) in [4.78, 5) is 28.8. The molecule has 2 amide bonds. The molecule has 0 spiro atoms. The van der Waals surface area contributed by atoms with Gasteiger partial charge < -0.3 is 20.0 Å². The molecule has 0 bridgehead atoms. The molecular formula is C24H35N3O3S. The minimum atomic E-state index is -0.310. The number of hydrogen-bond acceptors (Lipinski definition) is 5. The molecule has 0 aliphatic carbocycles. The number of amides is 2. The van der Waals surface area contributed by atoms with Crippen LogP contribution in [0.3, 0.4) is 0 Å². The quantitative estimate of drug-likeness (QED) is 0.594. The number of rotatable bonds is 7. The van der Waals surface area contributed by atoms with Crippen molar-refractivity contribution in [1.29, 1.82) is 0 Å². The van der Waals surface area contributed by atoms with Gasteiger partial charge in [0, 0.05) is 23.7 Å². The van der Waals surface area contributed by atoms with E-state index in [1.54, 1.807) is 12.1 Å². The van der Waals surface area contributed by atoms with Gasteiger partial charge in [0.2, 0.25) is 0 Å². The van der Waals surface area contributed by atoms with Crippen LogP contribution in [0.2, 0.25) is 0 Å². The SMILES string of the molecule is CCCCN(C(=O)c1sc(NC(=O)c2ccco2)cc1C)C1CC(C)(C)NC(C)(C)C1. The lowest BCUT2D eigenvalue weighted by Crippen LogP contribution is -2.62. The van der Waals surface area contributed by atoms with E-state index in [-0.39, 0.29) is 34.7 Å². The van der Waals surface area contributed by atoms with Gasteiger partial charge >= 0.3 is 0 Å². The molecule has 2 N–H and O–H groups in total. The van der Waals surface area contributed by atoms with Gasteiger partial charge in [-0.15, -0.1) is 11.3 Å². The van der Waals surface area contributed by atoms with Gasteiger partial charge in [-0.3, -0.25) is 9.59 Å². The van der Waals surface area contributed by atoms with E-state index in [9.17, 15) is 9.59 Å². The van der Waals surface area contributed by atoms with Crippen molar-refractivity contribution >= 4 is 28.2 Å². The molecule has 0 radical (unpaired) electrons. The van der Waals surface area contributed by atoms with Crippen molar-refractivity contribution < 1.29 is 14.0 Å². The zero-order valence-electron chi connectivity index (χ0n) is 19.5. The maximum absolute atomic E-state index is 13.7. The normalized spacial score (nSPS) is 18.0. The van der Waals surface area contributed by atoms with Crippen molar-refractivity contribution in [2.75, 3.05) is 11.9 Å². The van der Waals surface area contributed by atoms with Gasteiger partial charge in [-0.1, -0.05) is 13.3 Å². The summed E-state index contributed by atoms with van der Waals surface area (Å²) in [6.45, 7) is 13.7. The smallest absolute Gasteiger partial charge is 0.291 e. The number of anilines is 1. The summed E-state index contributed by atoms with van der Waals surface area (Å²) in [5, 5.41) is 7.22. The zero-order valence-corrected chi connectivity index (χ0v) is 20.3. The second kappa shape index (κ2) is 9.17. The van der Waals surface area contributed by atoms with Crippen LogP contribution < -0.4 is 10.6 Å². The number of thiophene rings is 1. The van der Waals surface area contributed by atoms with Crippen LogP contribution in [-0.2, 0) is 0 Å². The summed E-state index contributed by atoms with van der Waals surface area (Å²) in [6.07, 6.45) is 5.31. The fourth-order valence-electron chi connectivity index (χ4n) is 4.73. The van der Waals surface area contributed by atoms with Crippen LogP contribution in [0.25, 0.3) is 0 Å². The summed E-state index contributed by atoms with van der Waals surface area (Å²) in [6, 6.07) is 5.34. The first kappa shape index (κ1) is 23.5. The Morgan fingerprint density at radius 1 is 1.26 bits per heavy atom. The van der Waals surface area contributed by atoms with E-state index >= 15 is 0 Å². The fourth-order valence-corrected chi connectivity index (χ4v) is 5.76. The van der Waals surface area contributed by atoms with Crippen LogP contribution in [0.1, 0.15) is 86.1 Å². The Kier molecular flexibility index (Phi) is 6.96. The molecule has 0 atom stereocenters. The third-order valence-electron chi connectivity index (χ3n) is 5.72. The van der Waals surface area contributed by atoms with Gasteiger partial charge in [0.25, 0.3) is 11.8 Å². The number of nitrogens with zero attached hydrogens (tertiary/aromatic N) is 1. The van der Waals surface area contributed by atoms with Crippen LogP contribution >= 0.6 is 11.3 Å². The van der Waals surface area contributed by atoms with Crippen molar-refractivity contribution in [2.45, 2.75) is 84.3 Å². The number of hydrogen-bond donors (Lipinski definition) is 2. The number of nitrogens with one attached hydrogen (secondary N) is 2. The lowest BCUT2D eigenvalue weighted by atomic mass is 9.79. The summed E-state index contributed by atoms with van der Waals surface area (Å²) in [7, 11) is 0. The summed E-state index contributed by atoms with van der Waals surface area (Å²) >= 11 is 1.34. The molecule has 0 saturated carbocycles. The van der Waals surface area contributed by atoms with E-state index in [1.165, 1.54) is 17.6 Å². The highest BCUT2D eigenvalue weighted by molar-refractivity contribution is 7.18. The molecule has 0 unspecified atom stereocenters. The standard InChI is InChI=1S/C24H35N3O3S/c1-7-8-11-27(17-14-23(3,4)26-24(5,6)15-17)22(29)20-16(2)13-19(31-20)25-21(28)18-10-9-12-30-18/h9-10,12-13,17,26H,7-8,11,14-15H2,1-6H3,(H,25,28). The van der Waals surface area contributed by atoms with E-state index in [4.69, 9.17) is 4.42 Å². The van der Waals surface area contributed by atoms with E-state index in [0.717, 1.165) is 37.8 Å². The lowest BCUT2D eigenvalue weighted by Gasteiger charge is -2.49. The molecule has 1 saturated heterocycles. The molecular weight excluding hydrogens is 410 g/mol. The third-order valence-corrected chi connectivity index (χ3v) is 6.86. The van der Waals surface area contributed by atoms with E-state index in [0.29, 0.717) is 9.88 Å². The predicted octanol–water partition coefficient (Wildman–Crippen LogP) is 5.45. The Labute approximate surface area is 189 Å². The second-order valence-corrected chi connectivity index (χ2v) is 10.9. The minimum Gasteiger partial charge on any atom is -0.459 e. The maximum Gasteiger partial charge on any atom is 0.291 e. The molecule has 31 heavy (non-hydrogen) atoms. The van der Waals surface area contributed by atoms with Gasteiger partial charge in [0.05, 0.1) is 16.1 Å². The number of aryl methyl sites for hydroxylation is 1. The predicted molar refractivity (Wildman–Crippen MR) is 126 cm³/mol. The Balaban J connectivity index is 1.83. The van der Waals surface area contributed by atoms with Gasteiger partial charge in [-0.2, -0.15) is 0 Å². The Bertz CT molecular complexity index is 899. The van der Waals surface area contributed by atoms with Gasteiger partial charge in [-0.05, 0) is 77.6 Å². The van der Waals surface area contributed by atoms with Gasteiger partial charge in [0.15, 0.2) is 5.76 Å². The topological polar surface area (TPSA) is 74.6 Å². The van der Waals surface area contributed by atoms with Crippen LogP contribution in [0, 0.1) is 6.92 Å². The van der Waals surface area contributed by atoms with E-state index in [2.05, 4.69) is 50.2 Å². The summed E-state index contributed by atoms with van der Waals surface area (Å²) in [5.74, 6) is 0.00515. The average molecular weight is 446 g/mol. The highest BCUT2D eigenvalue weighted by atomic mass is 32.1. The summed E-state index contributed by atoms with van der Waals surface area (Å²) < 4.78 is 5.16. The number of carbonyl (C=O) groups is 2. The van der Waals surface area contributed by atoms with Crippen molar-refractivity contribution in [3.8, 4) is 0 Å². The van der Waals surface area contributed by atoms with Gasteiger partial charge in [-0.25, -0.2) is 0 Å². The molecule has 7 heteroatoms. The molecule has 1 fully saturated rings. The van der Waals surface area contributed by atoms with Crippen molar-refractivity contribution in [3.05, 3.63) is 40.7 Å². The van der Waals surface area contributed by atoms with Crippen LogP contribution in [0.5, 0.6) is 0 Å². The number of furan rings is 1. The molecule has 3 rings (SSSR count). The maximum atomic E-state index is 13.7. The minimum absolute atomic E-state index is 0.0379. The first-order valence-electron chi connectivity index (χ1n) is 11.1. The first-order valence-corrected chi connectivity index (χ1v) is 11.9. The van der Waals surface area contributed by atoms with Crippen molar-refractivity contribution in [1.82, 2.24) is 10.2 Å². The summed E-state index contributed by atoms with van der Waals surface area (Å²) in [5.41, 5.74) is 0.812. The number of piperidine rings is 1. The van der Waals surface area contributed by atoms with Crippen molar-refractivity contribution in [2.24, 2.45) is 0 Å². The number of carbonyl (C=O) groups excluding carboxylic acids is 2. The fraction of sp³-hybridized carbons (Fsp3) is 0.583. The molecule has 1 aliphatic heterocycles. The molecule has 2 aromatic rings. The Morgan fingerprint density at radius 3 is 2.52 bits per heavy atom. The average Bonchev–Trinajstić information content (AvgIpc) is 3.29. The second-order valence-electron chi connectivity index (χ2n) is 9.86. The van der Waals surface area contributed by atoms with Crippen LogP contribution in [0.15, 0.2) is 28.9 Å². The monoisotopic (exact) mass is 445 g/mol. The number of unbranched alkanes of at least 4 members (excludes halogenated alkanes) is 1. The molecule has 1 aliphatic rings. The molecule has 6 nitrogen and oxygen atoms in total. The molecule has 3 heterocycles. The van der Waals surface area contributed by atoms with Crippen molar-refractivity contribution in [3.63, 3.8) is 0 Å². The highest BCUT2D eigenvalue weighted by Gasteiger charge is 2.41. The largest absolute Gasteiger partial charge is 0.459 e. The van der Waals surface area contributed by atoms with E-state index < -0.39 is 0 Å².